The fourth-order valence-corrected chi connectivity index (χ4v) is 3.03. The lowest BCUT2D eigenvalue weighted by Gasteiger charge is -2.35. The van der Waals surface area contributed by atoms with Crippen molar-refractivity contribution in [3.05, 3.63) is 58.5 Å². The summed E-state index contributed by atoms with van der Waals surface area (Å²) < 4.78 is 32.6. The molecule has 3 amide bonds. The van der Waals surface area contributed by atoms with E-state index >= 15 is 0 Å². The first-order valence-electron chi connectivity index (χ1n) is 8.30. The molecule has 7 nitrogen and oxygen atoms in total. The lowest BCUT2D eigenvalue weighted by atomic mass is 9.93. The molecule has 27 heavy (non-hydrogen) atoms. The number of benzene rings is 1. The van der Waals surface area contributed by atoms with Gasteiger partial charge in [-0.25, -0.2) is 13.6 Å². The normalized spacial score (nSPS) is 17.1. The molecule has 0 spiro atoms. The Kier molecular flexibility index (Phi) is 4.93. The predicted molar refractivity (Wildman–Crippen MR) is 92.6 cm³/mol. The Labute approximate surface area is 154 Å². The molecule has 0 radical (unpaired) electrons. The number of rotatable bonds is 4. The molecule has 1 aromatic heterocycles. The molecule has 1 aliphatic rings. The second-order valence-electron chi connectivity index (χ2n) is 6.07. The molecular weight excluding hydrogens is 358 g/mol. The highest BCUT2D eigenvalue weighted by molar-refractivity contribution is 6.06. The topological polar surface area (TPSA) is 87.5 Å². The minimum absolute atomic E-state index is 0.0127. The number of anilines is 1. The van der Waals surface area contributed by atoms with E-state index in [1.54, 1.807) is 20.8 Å². The van der Waals surface area contributed by atoms with Crippen LogP contribution < -0.4 is 10.6 Å². The Morgan fingerprint density at radius 3 is 2.67 bits per heavy atom. The van der Waals surface area contributed by atoms with Crippen molar-refractivity contribution in [2.24, 2.45) is 0 Å². The molecule has 2 aromatic rings. The summed E-state index contributed by atoms with van der Waals surface area (Å²) in [5.41, 5.74) is 0.483. The van der Waals surface area contributed by atoms with Crippen LogP contribution in [0.1, 0.15) is 31.2 Å². The van der Waals surface area contributed by atoms with Crippen LogP contribution >= 0.6 is 0 Å². The first-order valence-corrected chi connectivity index (χ1v) is 8.30. The third-order valence-electron chi connectivity index (χ3n) is 4.30. The Balaban J connectivity index is 2.05. The first-order chi connectivity index (χ1) is 12.8. The van der Waals surface area contributed by atoms with Gasteiger partial charge in [0.05, 0.1) is 11.6 Å². The summed E-state index contributed by atoms with van der Waals surface area (Å²) in [6, 6.07) is 2.96. The monoisotopic (exact) mass is 376 g/mol. The van der Waals surface area contributed by atoms with Crippen LogP contribution in [0.2, 0.25) is 0 Å². The number of halogens is 2. The lowest BCUT2D eigenvalue weighted by molar-refractivity contribution is -0.113. The number of carbonyl (C=O) groups excluding carboxylic acids is 2. The molecule has 0 bridgehead atoms. The SMILES string of the molecule is CCN1C(=O)N[C@@H](c2ccc(F)cc2F)C(C(=O)Nc2cc(C)on2)=C1C. The molecule has 0 fully saturated rings. The largest absolute Gasteiger partial charge is 0.360 e. The molecule has 2 N–H and O–H groups in total. The minimum Gasteiger partial charge on any atom is -0.360 e. The van der Waals surface area contributed by atoms with Crippen molar-refractivity contribution in [3.63, 3.8) is 0 Å². The molecule has 0 saturated carbocycles. The molecule has 0 saturated heterocycles. The van der Waals surface area contributed by atoms with Gasteiger partial charge in [-0.2, -0.15) is 0 Å². The van der Waals surface area contributed by atoms with Crippen molar-refractivity contribution in [1.82, 2.24) is 15.4 Å². The van der Waals surface area contributed by atoms with Gasteiger partial charge in [-0.15, -0.1) is 0 Å². The van der Waals surface area contributed by atoms with Gasteiger partial charge in [0.25, 0.3) is 5.91 Å². The van der Waals surface area contributed by atoms with E-state index in [1.807, 2.05) is 0 Å². The van der Waals surface area contributed by atoms with E-state index in [4.69, 9.17) is 4.52 Å². The number of amides is 3. The zero-order chi connectivity index (χ0) is 19.7. The first kappa shape index (κ1) is 18.6. The molecule has 2 heterocycles. The van der Waals surface area contributed by atoms with Crippen molar-refractivity contribution >= 4 is 17.8 Å². The van der Waals surface area contributed by atoms with E-state index in [-0.39, 0.29) is 17.0 Å². The van der Waals surface area contributed by atoms with Crippen LogP contribution in [0.4, 0.5) is 19.4 Å². The van der Waals surface area contributed by atoms with Crippen LogP contribution in [0.5, 0.6) is 0 Å². The van der Waals surface area contributed by atoms with Crippen molar-refractivity contribution < 1.29 is 22.9 Å². The summed E-state index contributed by atoms with van der Waals surface area (Å²) in [4.78, 5) is 26.6. The zero-order valence-electron chi connectivity index (χ0n) is 15.0. The molecule has 9 heteroatoms. The minimum atomic E-state index is -1.08. The van der Waals surface area contributed by atoms with E-state index in [0.29, 0.717) is 24.1 Å². The number of hydrogen-bond donors (Lipinski definition) is 2. The van der Waals surface area contributed by atoms with Gasteiger partial charge >= 0.3 is 6.03 Å². The average molecular weight is 376 g/mol. The summed E-state index contributed by atoms with van der Waals surface area (Å²) in [6.45, 7) is 5.33. The van der Waals surface area contributed by atoms with E-state index < -0.39 is 29.6 Å². The van der Waals surface area contributed by atoms with Gasteiger partial charge in [0.1, 0.15) is 17.4 Å². The van der Waals surface area contributed by atoms with Crippen molar-refractivity contribution in [2.75, 3.05) is 11.9 Å². The number of allylic oxidation sites excluding steroid dienone is 1. The summed E-state index contributed by atoms with van der Waals surface area (Å²) in [5, 5.41) is 8.89. The smallest absolute Gasteiger partial charge is 0.322 e. The fraction of sp³-hybridized carbons (Fsp3) is 0.278. The summed E-state index contributed by atoms with van der Waals surface area (Å²) in [6.07, 6.45) is 0. The quantitative estimate of drug-likeness (QED) is 0.857. The Morgan fingerprint density at radius 2 is 2.07 bits per heavy atom. The van der Waals surface area contributed by atoms with Crippen molar-refractivity contribution in [3.8, 4) is 0 Å². The number of aromatic nitrogens is 1. The average Bonchev–Trinajstić information content (AvgIpc) is 2.99. The second kappa shape index (κ2) is 7.18. The zero-order valence-corrected chi connectivity index (χ0v) is 15.0. The molecule has 1 atom stereocenters. The highest BCUT2D eigenvalue weighted by Gasteiger charge is 2.36. The summed E-state index contributed by atoms with van der Waals surface area (Å²) in [5.74, 6) is -1.49. The summed E-state index contributed by atoms with van der Waals surface area (Å²) >= 11 is 0. The number of urea groups is 1. The van der Waals surface area contributed by atoms with Gasteiger partial charge in [-0.1, -0.05) is 11.2 Å². The molecule has 1 aliphatic heterocycles. The number of hydrogen-bond acceptors (Lipinski definition) is 4. The Bertz CT molecular complexity index is 938. The number of nitrogens with one attached hydrogen (secondary N) is 2. The van der Waals surface area contributed by atoms with Crippen LogP contribution in [0, 0.1) is 18.6 Å². The molecule has 142 valence electrons. The van der Waals surface area contributed by atoms with Gasteiger partial charge in [0.2, 0.25) is 0 Å². The third kappa shape index (κ3) is 3.53. The number of nitrogens with zero attached hydrogens (tertiary/aromatic N) is 2. The van der Waals surface area contributed by atoms with Crippen molar-refractivity contribution in [2.45, 2.75) is 26.8 Å². The van der Waals surface area contributed by atoms with Gasteiger partial charge in [0, 0.05) is 29.9 Å². The van der Waals surface area contributed by atoms with Gasteiger partial charge in [0.15, 0.2) is 5.82 Å². The van der Waals surface area contributed by atoms with Crippen LogP contribution in [-0.2, 0) is 4.79 Å². The maximum absolute atomic E-state index is 14.3. The Morgan fingerprint density at radius 1 is 1.33 bits per heavy atom. The van der Waals surface area contributed by atoms with Crippen molar-refractivity contribution in [1.29, 1.82) is 0 Å². The molecule has 1 aromatic carbocycles. The molecule has 0 unspecified atom stereocenters. The van der Waals surface area contributed by atoms with Crippen LogP contribution in [-0.4, -0.2) is 28.5 Å². The standard InChI is InChI=1S/C18H18F2N4O3/c1-4-24-10(3)15(17(25)21-14-7-9(2)27-23-14)16(22-18(24)26)12-6-5-11(19)8-13(12)20/h5-8,16H,4H2,1-3H3,(H,22,26)(H,21,23,25)/t16-/m0/s1. The highest BCUT2D eigenvalue weighted by Crippen LogP contribution is 2.32. The molecular formula is C18H18F2N4O3. The second-order valence-corrected chi connectivity index (χ2v) is 6.07. The predicted octanol–water partition coefficient (Wildman–Crippen LogP) is 3.26. The number of carbonyl (C=O) groups is 2. The lowest BCUT2D eigenvalue weighted by Crippen LogP contribution is -2.48. The van der Waals surface area contributed by atoms with Crippen LogP contribution in [0.3, 0.4) is 0 Å². The summed E-state index contributed by atoms with van der Waals surface area (Å²) in [7, 11) is 0. The van der Waals surface area contributed by atoms with E-state index in [0.717, 1.165) is 6.07 Å². The third-order valence-corrected chi connectivity index (χ3v) is 4.30. The Hall–Kier alpha value is -3.23. The van der Waals surface area contributed by atoms with E-state index in [1.165, 1.54) is 17.0 Å². The maximum atomic E-state index is 14.3. The maximum Gasteiger partial charge on any atom is 0.322 e. The van der Waals surface area contributed by atoms with Gasteiger partial charge in [-0.05, 0) is 26.8 Å². The molecule has 0 aliphatic carbocycles. The van der Waals surface area contributed by atoms with E-state index in [9.17, 15) is 18.4 Å². The fourth-order valence-electron chi connectivity index (χ4n) is 3.03. The van der Waals surface area contributed by atoms with E-state index in [2.05, 4.69) is 15.8 Å². The van der Waals surface area contributed by atoms with Gasteiger partial charge in [-0.3, -0.25) is 9.69 Å². The van der Waals surface area contributed by atoms with Gasteiger partial charge < -0.3 is 15.2 Å². The highest BCUT2D eigenvalue weighted by atomic mass is 19.1. The van der Waals surface area contributed by atoms with Crippen LogP contribution in [0.15, 0.2) is 40.1 Å². The molecule has 3 rings (SSSR count). The number of aryl methyl sites for hydroxylation is 1. The van der Waals surface area contributed by atoms with Crippen LogP contribution in [0.25, 0.3) is 0 Å².